The van der Waals surface area contributed by atoms with E-state index in [1.165, 1.54) is 5.56 Å². The van der Waals surface area contributed by atoms with Gasteiger partial charge < -0.3 is 9.88 Å². The Labute approximate surface area is 100 Å². The third kappa shape index (κ3) is 2.36. The highest BCUT2D eigenvalue weighted by molar-refractivity contribution is 6.02. The number of rotatable bonds is 2. The largest absolute Gasteiger partial charge is 0.330 e. The van der Waals surface area contributed by atoms with E-state index in [1.54, 1.807) is 24.0 Å². The van der Waals surface area contributed by atoms with Crippen LogP contribution >= 0.6 is 0 Å². The number of nitrogens with one attached hydrogen (secondary N) is 1. The zero-order valence-electron chi connectivity index (χ0n) is 10.2. The second-order valence-corrected chi connectivity index (χ2v) is 4.13. The molecule has 0 spiro atoms. The van der Waals surface area contributed by atoms with Crippen molar-refractivity contribution in [2.24, 2.45) is 7.05 Å². The van der Waals surface area contributed by atoms with Gasteiger partial charge in [0.1, 0.15) is 0 Å². The highest BCUT2D eigenvalue weighted by Gasteiger charge is 2.11. The van der Waals surface area contributed by atoms with Crippen LogP contribution < -0.4 is 5.32 Å². The van der Waals surface area contributed by atoms with Gasteiger partial charge in [0.2, 0.25) is 0 Å². The van der Waals surface area contributed by atoms with Crippen LogP contribution in [-0.4, -0.2) is 15.5 Å². The van der Waals surface area contributed by atoms with Crippen molar-refractivity contribution in [1.29, 1.82) is 0 Å². The first-order valence-electron chi connectivity index (χ1n) is 5.44. The van der Waals surface area contributed by atoms with Crippen LogP contribution in [0.2, 0.25) is 0 Å². The van der Waals surface area contributed by atoms with Crippen molar-refractivity contribution in [2.45, 2.75) is 13.8 Å². The van der Waals surface area contributed by atoms with E-state index >= 15 is 0 Å². The molecule has 0 aliphatic rings. The number of imidazole rings is 1. The Balaban J connectivity index is 2.22. The Morgan fingerprint density at radius 1 is 1.35 bits per heavy atom. The molecule has 1 amide bonds. The highest BCUT2D eigenvalue weighted by Crippen LogP contribution is 2.16. The molecule has 1 heterocycles. The minimum Gasteiger partial charge on any atom is -0.330 e. The van der Waals surface area contributed by atoms with Gasteiger partial charge in [0.05, 0.1) is 0 Å². The maximum absolute atomic E-state index is 11.9. The van der Waals surface area contributed by atoms with Gasteiger partial charge in [-0.1, -0.05) is 17.7 Å². The van der Waals surface area contributed by atoms with Gasteiger partial charge in [-0.3, -0.25) is 4.79 Å². The fourth-order valence-corrected chi connectivity index (χ4v) is 1.72. The van der Waals surface area contributed by atoms with E-state index in [2.05, 4.69) is 10.3 Å². The number of carbonyl (C=O) groups excluding carboxylic acids is 1. The molecule has 0 atom stereocenters. The first-order chi connectivity index (χ1) is 8.08. The van der Waals surface area contributed by atoms with Crippen LogP contribution in [-0.2, 0) is 7.05 Å². The van der Waals surface area contributed by atoms with Crippen molar-refractivity contribution >= 4 is 11.6 Å². The summed E-state index contributed by atoms with van der Waals surface area (Å²) in [6.45, 7) is 4.00. The number of hydrogen-bond acceptors (Lipinski definition) is 2. The number of aryl methyl sites for hydroxylation is 3. The van der Waals surface area contributed by atoms with E-state index in [9.17, 15) is 4.79 Å². The first kappa shape index (κ1) is 11.4. The van der Waals surface area contributed by atoms with E-state index < -0.39 is 0 Å². The second-order valence-electron chi connectivity index (χ2n) is 4.13. The maximum Gasteiger partial charge on any atom is 0.291 e. The topological polar surface area (TPSA) is 46.9 Å². The molecule has 0 saturated heterocycles. The predicted molar refractivity (Wildman–Crippen MR) is 67.1 cm³/mol. The van der Waals surface area contributed by atoms with Gasteiger partial charge in [0.15, 0.2) is 5.82 Å². The summed E-state index contributed by atoms with van der Waals surface area (Å²) in [5.41, 5.74) is 3.05. The van der Waals surface area contributed by atoms with Crippen LogP contribution in [0.1, 0.15) is 21.7 Å². The van der Waals surface area contributed by atoms with Crippen LogP contribution in [0.4, 0.5) is 5.69 Å². The zero-order valence-corrected chi connectivity index (χ0v) is 10.2. The number of anilines is 1. The Hall–Kier alpha value is -2.10. The number of hydrogen-bond donors (Lipinski definition) is 1. The zero-order chi connectivity index (χ0) is 12.4. The molecule has 17 heavy (non-hydrogen) atoms. The first-order valence-corrected chi connectivity index (χ1v) is 5.44. The monoisotopic (exact) mass is 229 g/mol. The number of benzene rings is 1. The van der Waals surface area contributed by atoms with Crippen LogP contribution in [0.5, 0.6) is 0 Å². The van der Waals surface area contributed by atoms with E-state index in [4.69, 9.17) is 0 Å². The lowest BCUT2D eigenvalue weighted by Gasteiger charge is -2.08. The smallest absolute Gasteiger partial charge is 0.291 e. The second kappa shape index (κ2) is 4.41. The van der Waals surface area contributed by atoms with Crippen molar-refractivity contribution in [2.75, 3.05) is 5.32 Å². The SMILES string of the molecule is Cc1ccc(NC(=O)c2nccn2C)c(C)c1. The van der Waals surface area contributed by atoms with E-state index in [0.29, 0.717) is 5.82 Å². The Kier molecular flexibility index (Phi) is 2.95. The van der Waals surface area contributed by atoms with E-state index in [0.717, 1.165) is 11.3 Å². The summed E-state index contributed by atoms with van der Waals surface area (Å²) in [6, 6.07) is 5.92. The molecule has 0 saturated carbocycles. The number of nitrogens with zero attached hydrogens (tertiary/aromatic N) is 2. The molecule has 2 rings (SSSR count). The Bertz CT molecular complexity index is 558. The third-order valence-electron chi connectivity index (χ3n) is 2.65. The Morgan fingerprint density at radius 2 is 2.12 bits per heavy atom. The van der Waals surface area contributed by atoms with Crippen molar-refractivity contribution in [3.63, 3.8) is 0 Å². The molecule has 0 radical (unpaired) electrons. The quantitative estimate of drug-likeness (QED) is 0.858. The summed E-state index contributed by atoms with van der Waals surface area (Å²) in [6.07, 6.45) is 3.35. The van der Waals surface area contributed by atoms with Crippen molar-refractivity contribution in [3.05, 3.63) is 47.5 Å². The molecule has 4 heteroatoms. The molecule has 1 aromatic carbocycles. The van der Waals surface area contributed by atoms with Gasteiger partial charge >= 0.3 is 0 Å². The van der Waals surface area contributed by atoms with E-state index in [-0.39, 0.29) is 5.91 Å². The van der Waals surface area contributed by atoms with Crippen molar-refractivity contribution in [3.8, 4) is 0 Å². The fourth-order valence-electron chi connectivity index (χ4n) is 1.72. The molecule has 2 aromatic rings. The fraction of sp³-hybridized carbons (Fsp3) is 0.231. The summed E-state index contributed by atoms with van der Waals surface area (Å²) >= 11 is 0. The molecule has 0 aliphatic carbocycles. The van der Waals surface area contributed by atoms with Gasteiger partial charge in [0, 0.05) is 25.1 Å². The molecular formula is C13H15N3O. The Morgan fingerprint density at radius 3 is 2.71 bits per heavy atom. The molecule has 1 aromatic heterocycles. The maximum atomic E-state index is 11.9. The number of amides is 1. The summed E-state index contributed by atoms with van der Waals surface area (Å²) in [4.78, 5) is 15.9. The van der Waals surface area contributed by atoms with Gasteiger partial charge in [-0.2, -0.15) is 0 Å². The average molecular weight is 229 g/mol. The molecule has 0 unspecified atom stereocenters. The lowest BCUT2D eigenvalue weighted by molar-refractivity contribution is 0.101. The highest BCUT2D eigenvalue weighted by atomic mass is 16.2. The minimum absolute atomic E-state index is 0.190. The van der Waals surface area contributed by atoms with Gasteiger partial charge in [0.25, 0.3) is 5.91 Å². The lowest BCUT2D eigenvalue weighted by atomic mass is 10.1. The number of carbonyl (C=O) groups is 1. The summed E-state index contributed by atoms with van der Waals surface area (Å²) < 4.78 is 1.69. The van der Waals surface area contributed by atoms with Crippen LogP contribution in [0.25, 0.3) is 0 Å². The predicted octanol–water partition coefficient (Wildman–Crippen LogP) is 2.29. The molecule has 4 nitrogen and oxygen atoms in total. The van der Waals surface area contributed by atoms with Gasteiger partial charge in [-0.15, -0.1) is 0 Å². The minimum atomic E-state index is -0.190. The lowest BCUT2D eigenvalue weighted by Crippen LogP contribution is -2.17. The van der Waals surface area contributed by atoms with Crippen LogP contribution in [0.3, 0.4) is 0 Å². The molecule has 0 aliphatic heterocycles. The van der Waals surface area contributed by atoms with Crippen LogP contribution in [0, 0.1) is 13.8 Å². The number of aromatic nitrogens is 2. The van der Waals surface area contributed by atoms with E-state index in [1.807, 2.05) is 32.0 Å². The summed E-state index contributed by atoms with van der Waals surface area (Å²) in [5, 5.41) is 2.86. The van der Waals surface area contributed by atoms with Crippen molar-refractivity contribution in [1.82, 2.24) is 9.55 Å². The average Bonchev–Trinajstić information content (AvgIpc) is 2.68. The molecule has 1 N–H and O–H groups in total. The standard InChI is InChI=1S/C13H15N3O/c1-9-4-5-11(10(2)8-9)15-13(17)12-14-6-7-16(12)3/h4-8H,1-3H3,(H,15,17). The molecule has 0 fully saturated rings. The molecular weight excluding hydrogens is 214 g/mol. The molecule has 88 valence electrons. The van der Waals surface area contributed by atoms with Gasteiger partial charge in [-0.25, -0.2) is 4.98 Å². The summed E-state index contributed by atoms with van der Waals surface area (Å²) in [5.74, 6) is 0.217. The molecule has 0 bridgehead atoms. The van der Waals surface area contributed by atoms with Crippen LogP contribution in [0.15, 0.2) is 30.6 Å². The third-order valence-corrected chi connectivity index (χ3v) is 2.65. The van der Waals surface area contributed by atoms with Crippen molar-refractivity contribution < 1.29 is 4.79 Å². The normalized spacial score (nSPS) is 10.3. The van der Waals surface area contributed by atoms with Gasteiger partial charge in [-0.05, 0) is 25.5 Å². The summed E-state index contributed by atoms with van der Waals surface area (Å²) in [7, 11) is 1.80.